The van der Waals surface area contributed by atoms with Gasteiger partial charge in [-0.1, -0.05) is 60.7 Å². The van der Waals surface area contributed by atoms with Crippen LogP contribution >= 0.6 is 0 Å². The first kappa shape index (κ1) is 21.5. The summed E-state index contributed by atoms with van der Waals surface area (Å²) in [6, 6.07) is 23.2. The molecule has 0 bridgehead atoms. The molecule has 0 radical (unpaired) electrons. The summed E-state index contributed by atoms with van der Waals surface area (Å²) in [5.41, 5.74) is 7.25. The molecule has 3 aliphatic rings. The van der Waals surface area contributed by atoms with Gasteiger partial charge in [-0.3, -0.25) is 14.8 Å². The molecule has 1 aromatic heterocycles. The van der Waals surface area contributed by atoms with Gasteiger partial charge in [0.25, 0.3) is 0 Å². The Morgan fingerprint density at radius 2 is 1.92 bits per heavy atom. The molecule has 3 aromatic carbocycles. The lowest BCUT2D eigenvalue weighted by Gasteiger charge is -2.26. The van der Waals surface area contributed by atoms with E-state index < -0.39 is 5.41 Å². The number of hydrogen-bond donors (Lipinski definition) is 2. The van der Waals surface area contributed by atoms with E-state index in [0.29, 0.717) is 0 Å². The number of aromatic nitrogens is 2. The summed E-state index contributed by atoms with van der Waals surface area (Å²) in [6.45, 7) is 4.55. The van der Waals surface area contributed by atoms with E-state index in [-0.39, 0.29) is 11.8 Å². The molecule has 7 rings (SSSR count). The van der Waals surface area contributed by atoms with Crippen molar-refractivity contribution in [2.75, 3.05) is 31.6 Å². The normalized spacial score (nSPS) is 23.4. The smallest absolute Gasteiger partial charge is 0.235 e. The average molecular weight is 477 g/mol. The first-order chi connectivity index (χ1) is 17.7. The van der Waals surface area contributed by atoms with Crippen molar-refractivity contribution in [1.29, 1.82) is 0 Å². The Labute approximate surface area is 210 Å². The van der Waals surface area contributed by atoms with Crippen LogP contribution in [0.25, 0.3) is 23.1 Å². The molecule has 1 unspecified atom stereocenters. The van der Waals surface area contributed by atoms with Gasteiger partial charge >= 0.3 is 0 Å². The lowest BCUT2D eigenvalue weighted by Crippen LogP contribution is -2.35. The molecular weight excluding hydrogens is 448 g/mol. The van der Waals surface area contributed by atoms with Crippen molar-refractivity contribution in [3.63, 3.8) is 0 Å². The molecule has 4 aromatic rings. The van der Waals surface area contributed by atoms with Gasteiger partial charge in [-0.2, -0.15) is 5.10 Å². The van der Waals surface area contributed by atoms with E-state index in [2.05, 4.69) is 81.1 Å². The minimum Gasteiger partial charge on any atom is -0.379 e. The van der Waals surface area contributed by atoms with Crippen molar-refractivity contribution in [2.45, 2.75) is 24.3 Å². The summed E-state index contributed by atoms with van der Waals surface area (Å²) >= 11 is 0. The summed E-state index contributed by atoms with van der Waals surface area (Å²) in [6.07, 6.45) is 5.05. The predicted molar refractivity (Wildman–Crippen MR) is 142 cm³/mol. The number of para-hydroxylation sites is 1. The van der Waals surface area contributed by atoms with E-state index in [1.807, 2.05) is 18.2 Å². The van der Waals surface area contributed by atoms with E-state index in [1.165, 1.54) is 16.7 Å². The molecule has 36 heavy (non-hydrogen) atoms. The highest BCUT2D eigenvalue weighted by Gasteiger charge is 2.65. The van der Waals surface area contributed by atoms with Crippen LogP contribution in [0.4, 0.5) is 5.69 Å². The minimum atomic E-state index is -0.417. The van der Waals surface area contributed by atoms with Crippen molar-refractivity contribution >= 4 is 34.6 Å². The maximum Gasteiger partial charge on any atom is 0.235 e. The number of morpholine rings is 1. The molecule has 2 atom stereocenters. The Hall–Kier alpha value is -3.74. The van der Waals surface area contributed by atoms with Gasteiger partial charge in [-0.25, -0.2) is 0 Å². The molecule has 2 N–H and O–H groups in total. The molecule has 1 amide bonds. The molecule has 3 heterocycles. The number of rotatable bonds is 5. The van der Waals surface area contributed by atoms with Gasteiger partial charge in [0.05, 0.1) is 29.8 Å². The zero-order chi connectivity index (χ0) is 24.1. The van der Waals surface area contributed by atoms with Gasteiger partial charge in [0.15, 0.2) is 0 Å². The van der Waals surface area contributed by atoms with E-state index in [1.54, 1.807) is 0 Å². The largest absolute Gasteiger partial charge is 0.379 e. The Morgan fingerprint density at radius 1 is 1.03 bits per heavy atom. The summed E-state index contributed by atoms with van der Waals surface area (Å²) in [5, 5.41) is 11.9. The Balaban J connectivity index is 1.10. The summed E-state index contributed by atoms with van der Waals surface area (Å²) in [5.74, 6) is 0.319. The van der Waals surface area contributed by atoms with Crippen LogP contribution in [0.5, 0.6) is 0 Å². The molecular formula is C30H28N4O2. The maximum absolute atomic E-state index is 12.9. The average Bonchev–Trinajstić information content (AvgIpc) is 3.44. The van der Waals surface area contributed by atoms with Gasteiger partial charge in [0.1, 0.15) is 0 Å². The number of ether oxygens (including phenoxy) is 1. The highest BCUT2D eigenvalue weighted by molar-refractivity contribution is 6.09. The SMILES string of the molecule is O=C1Nc2ccccc2[C@]12CC2c1ccc2c(/C=C/c3cccc(CN4CCOCC4)c3)n[nH]c2c1. The summed E-state index contributed by atoms with van der Waals surface area (Å²) in [7, 11) is 0. The number of amides is 1. The summed E-state index contributed by atoms with van der Waals surface area (Å²) < 4.78 is 5.46. The van der Waals surface area contributed by atoms with Crippen LogP contribution in [0.2, 0.25) is 0 Å². The van der Waals surface area contributed by atoms with E-state index in [0.717, 1.165) is 67.1 Å². The van der Waals surface area contributed by atoms with Crippen LogP contribution in [-0.4, -0.2) is 47.3 Å². The number of hydrogen-bond acceptors (Lipinski definition) is 4. The number of carbonyl (C=O) groups is 1. The number of anilines is 1. The molecule has 1 spiro atoms. The van der Waals surface area contributed by atoms with Gasteiger partial charge < -0.3 is 10.1 Å². The minimum absolute atomic E-state index is 0.123. The molecule has 180 valence electrons. The fraction of sp³-hybridized carbons (Fsp3) is 0.267. The van der Waals surface area contributed by atoms with Crippen LogP contribution in [0.1, 0.15) is 40.3 Å². The number of aromatic amines is 1. The van der Waals surface area contributed by atoms with E-state index >= 15 is 0 Å². The van der Waals surface area contributed by atoms with E-state index in [4.69, 9.17) is 4.74 Å². The summed E-state index contributed by atoms with van der Waals surface area (Å²) in [4.78, 5) is 15.3. The zero-order valence-corrected chi connectivity index (χ0v) is 20.0. The molecule has 6 heteroatoms. The first-order valence-electron chi connectivity index (χ1n) is 12.7. The monoisotopic (exact) mass is 476 g/mol. The number of nitrogens with zero attached hydrogens (tertiary/aromatic N) is 2. The fourth-order valence-corrected chi connectivity index (χ4v) is 5.94. The lowest BCUT2D eigenvalue weighted by molar-refractivity contribution is -0.118. The molecule has 1 saturated carbocycles. The molecule has 1 saturated heterocycles. The third-order valence-corrected chi connectivity index (χ3v) is 7.94. The van der Waals surface area contributed by atoms with Crippen molar-refractivity contribution < 1.29 is 9.53 Å². The van der Waals surface area contributed by atoms with Crippen LogP contribution in [0.15, 0.2) is 66.7 Å². The van der Waals surface area contributed by atoms with Gasteiger partial charge in [0.2, 0.25) is 5.91 Å². The molecule has 6 nitrogen and oxygen atoms in total. The Morgan fingerprint density at radius 3 is 2.83 bits per heavy atom. The number of nitrogens with one attached hydrogen (secondary N) is 2. The second-order valence-corrected chi connectivity index (χ2v) is 10.1. The number of H-pyrrole nitrogens is 1. The van der Waals surface area contributed by atoms with Gasteiger partial charge in [0, 0.05) is 36.6 Å². The molecule has 1 aliphatic carbocycles. The quantitative estimate of drug-likeness (QED) is 0.428. The van der Waals surface area contributed by atoms with Crippen molar-refractivity contribution in [1.82, 2.24) is 15.1 Å². The second-order valence-electron chi connectivity index (χ2n) is 10.1. The Kier molecular flexibility index (Phi) is 5.04. The van der Waals surface area contributed by atoms with Crippen molar-refractivity contribution in [2.24, 2.45) is 0 Å². The Bertz CT molecular complexity index is 1500. The van der Waals surface area contributed by atoms with Gasteiger partial charge in [-0.15, -0.1) is 0 Å². The number of benzene rings is 3. The number of carbonyl (C=O) groups excluding carboxylic acids is 1. The third-order valence-electron chi connectivity index (χ3n) is 7.94. The lowest BCUT2D eigenvalue weighted by atomic mass is 9.92. The zero-order valence-electron chi connectivity index (χ0n) is 20.0. The highest BCUT2D eigenvalue weighted by atomic mass is 16.5. The van der Waals surface area contributed by atoms with Crippen LogP contribution in [-0.2, 0) is 21.5 Å². The van der Waals surface area contributed by atoms with Crippen LogP contribution in [0, 0.1) is 0 Å². The standard InChI is InChI=1S/C30H28N4O2/c35-29-30(24-6-1-2-7-27(24)31-29)18-25(30)22-9-10-23-26(32-33-28(23)17-22)11-8-20-4-3-5-21(16-20)19-34-12-14-36-15-13-34/h1-11,16-17,25H,12-15,18-19H2,(H,31,35)(H,32,33)/b11-8+/t25?,30-/m0/s1. The second kappa shape index (κ2) is 8.43. The number of fused-ring (bicyclic) bond motifs is 3. The maximum atomic E-state index is 12.9. The van der Waals surface area contributed by atoms with Gasteiger partial charge in [-0.05, 0) is 46.9 Å². The predicted octanol–water partition coefficient (Wildman–Crippen LogP) is 4.94. The molecule has 2 aliphatic heterocycles. The fourth-order valence-electron chi connectivity index (χ4n) is 5.94. The van der Waals surface area contributed by atoms with E-state index in [9.17, 15) is 4.79 Å². The first-order valence-corrected chi connectivity index (χ1v) is 12.7. The van der Waals surface area contributed by atoms with Crippen LogP contribution in [0.3, 0.4) is 0 Å². The topological polar surface area (TPSA) is 70.2 Å². The van der Waals surface area contributed by atoms with Crippen LogP contribution < -0.4 is 5.32 Å². The van der Waals surface area contributed by atoms with Crippen molar-refractivity contribution in [3.05, 3.63) is 94.7 Å². The molecule has 2 fully saturated rings. The van der Waals surface area contributed by atoms with Crippen molar-refractivity contribution in [3.8, 4) is 0 Å². The third kappa shape index (κ3) is 3.56. The highest BCUT2D eigenvalue weighted by Crippen LogP contribution is 2.64.